The Hall–Kier alpha value is -2.93. The van der Waals surface area contributed by atoms with Gasteiger partial charge in [-0.25, -0.2) is 4.98 Å². The van der Waals surface area contributed by atoms with E-state index in [1.54, 1.807) is 36.8 Å². The fourth-order valence-electron chi connectivity index (χ4n) is 2.72. The number of aromatic amines is 1. The van der Waals surface area contributed by atoms with E-state index in [2.05, 4.69) is 25.6 Å². The molecule has 3 aromatic heterocycles. The lowest BCUT2D eigenvalue weighted by molar-refractivity contribution is -0.118. The molecule has 3 N–H and O–H groups in total. The summed E-state index contributed by atoms with van der Waals surface area (Å²) in [6.45, 7) is 0. The molecular formula is C16H12ClN5O2. The van der Waals surface area contributed by atoms with E-state index in [1.165, 1.54) is 0 Å². The van der Waals surface area contributed by atoms with E-state index in [1.807, 2.05) is 0 Å². The Kier molecular flexibility index (Phi) is 3.42. The van der Waals surface area contributed by atoms with E-state index in [0.717, 1.165) is 16.6 Å². The highest BCUT2D eigenvalue weighted by molar-refractivity contribution is 6.30. The van der Waals surface area contributed by atoms with Gasteiger partial charge in [0.1, 0.15) is 16.9 Å². The number of carbonyl (C=O) groups excluding carboxylic acids is 2. The standard InChI is InChI=1S/C16H12ClN5O2/c17-14-5-8-3-11(20-13(8)7-19-14)15(23)22-12-4-9-6-18-2-1-10(9)21-16(12)24/h1-3,5-7,12,20H,4H2,(H,21,24)(H,22,23). The number of H-pyrrole nitrogens is 1. The number of halogens is 1. The van der Waals surface area contributed by atoms with Gasteiger partial charge < -0.3 is 15.6 Å². The summed E-state index contributed by atoms with van der Waals surface area (Å²) in [6.07, 6.45) is 5.25. The fraction of sp³-hybridized carbons (Fsp3) is 0.125. The zero-order valence-electron chi connectivity index (χ0n) is 12.3. The van der Waals surface area contributed by atoms with Gasteiger partial charge in [0, 0.05) is 29.9 Å². The van der Waals surface area contributed by atoms with Crippen LogP contribution in [0.5, 0.6) is 0 Å². The van der Waals surface area contributed by atoms with E-state index in [9.17, 15) is 9.59 Å². The lowest BCUT2D eigenvalue weighted by Gasteiger charge is -2.24. The highest BCUT2D eigenvalue weighted by atomic mass is 35.5. The summed E-state index contributed by atoms with van der Waals surface area (Å²) in [6, 6.07) is 4.43. The fourth-order valence-corrected chi connectivity index (χ4v) is 2.89. The van der Waals surface area contributed by atoms with Crippen LogP contribution in [0.4, 0.5) is 5.69 Å². The Bertz CT molecular complexity index is 968. The highest BCUT2D eigenvalue weighted by Gasteiger charge is 2.28. The summed E-state index contributed by atoms with van der Waals surface area (Å²) < 4.78 is 0. The molecule has 4 rings (SSSR count). The molecule has 1 aliphatic heterocycles. The van der Waals surface area contributed by atoms with Crippen molar-refractivity contribution in [3.63, 3.8) is 0 Å². The average Bonchev–Trinajstić information content (AvgIpc) is 2.98. The van der Waals surface area contributed by atoms with E-state index in [-0.39, 0.29) is 11.8 Å². The van der Waals surface area contributed by atoms with E-state index >= 15 is 0 Å². The molecule has 2 amide bonds. The second-order valence-electron chi connectivity index (χ2n) is 5.53. The number of fused-ring (bicyclic) bond motifs is 2. The monoisotopic (exact) mass is 341 g/mol. The minimum Gasteiger partial charge on any atom is -0.349 e. The number of hydrogen-bond acceptors (Lipinski definition) is 4. The lowest BCUT2D eigenvalue weighted by Crippen LogP contribution is -2.47. The number of hydrogen-bond donors (Lipinski definition) is 3. The summed E-state index contributed by atoms with van der Waals surface area (Å²) in [4.78, 5) is 35.6. The number of aromatic nitrogens is 3. The molecule has 0 aromatic carbocycles. The highest BCUT2D eigenvalue weighted by Crippen LogP contribution is 2.22. The van der Waals surface area contributed by atoms with Gasteiger partial charge in [-0.2, -0.15) is 0 Å². The van der Waals surface area contributed by atoms with Crippen LogP contribution < -0.4 is 10.6 Å². The minimum absolute atomic E-state index is 0.247. The van der Waals surface area contributed by atoms with Crippen LogP contribution >= 0.6 is 11.6 Å². The zero-order chi connectivity index (χ0) is 16.7. The van der Waals surface area contributed by atoms with E-state index in [0.29, 0.717) is 22.8 Å². The number of pyridine rings is 2. The largest absolute Gasteiger partial charge is 0.349 e. The lowest BCUT2D eigenvalue weighted by atomic mass is 10.0. The first-order valence-corrected chi connectivity index (χ1v) is 7.67. The van der Waals surface area contributed by atoms with Crippen molar-refractivity contribution >= 4 is 40.0 Å². The number of nitrogens with one attached hydrogen (secondary N) is 3. The van der Waals surface area contributed by atoms with Crippen molar-refractivity contribution in [2.24, 2.45) is 0 Å². The molecule has 0 fully saturated rings. The van der Waals surface area contributed by atoms with Crippen LogP contribution in [0.2, 0.25) is 5.15 Å². The van der Waals surface area contributed by atoms with Gasteiger partial charge in [0.2, 0.25) is 5.91 Å². The Morgan fingerprint density at radius 3 is 3.08 bits per heavy atom. The zero-order valence-corrected chi connectivity index (χ0v) is 13.1. The van der Waals surface area contributed by atoms with Gasteiger partial charge in [0.05, 0.1) is 11.7 Å². The maximum absolute atomic E-state index is 12.4. The molecule has 1 atom stereocenters. The van der Waals surface area contributed by atoms with Gasteiger partial charge in [-0.15, -0.1) is 0 Å². The van der Waals surface area contributed by atoms with Gasteiger partial charge in [0.25, 0.3) is 5.91 Å². The van der Waals surface area contributed by atoms with Crippen LogP contribution in [0.1, 0.15) is 16.1 Å². The smallest absolute Gasteiger partial charge is 0.268 e. The third-order valence-electron chi connectivity index (χ3n) is 3.92. The molecular weight excluding hydrogens is 330 g/mol. The Balaban J connectivity index is 1.56. The van der Waals surface area contributed by atoms with Crippen molar-refractivity contribution < 1.29 is 9.59 Å². The van der Waals surface area contributed by atoms with Crippen LogP contribution in [0.15, 0.2) is 36.8 Å². The molecule has 0 bridgehead atoms. The number of nitrogens with zero attached hydrogens (tertiary/aromatic N) is 2. The number of carbonyl (C=O) groups is 2. The van der Waals surface area contributed by atoms with Gasteiger partial charge in [-0.1, -0.05) is 11.6 Å². The maximum atomic E-state index is 12.4. The summed E-state index contributed by atoms with van der Waals surface area (Å²) in [5.74, 6) is -0.613. The third-order valence-corrected chi connectivity index (χ3v) is 4.13. The van der Waals surface area contributed by atoms with Crippen molar-refractivity contribution in [3.05, 3.63) is 53.2 Å². The topological polar surface area (TPSA) is 99.8 Å². The molecule has 0 spiro atoms. The summed E-state index contributed by atoms with van der Waals surface area (Å²) >= 11 is 5.85. The van der Waals surface area contributed by atoms with Crippen molar-refractivity contribution in [2.45, 2.75) is 12.5 Å². The molecule has 0 saturated heterocycles. The predicted octanol–water partition coefficient (Wildman–Crippen LogP) is 1.90. The summed E-state index contributed by atoms with van der Waals surface area (Å²) in [5.41, 5.74) is 2.66. The molecule has 120 valence electrons. The van der Waals surface area contributed by atoms with E-state index in [4.69, 9.17) is 11.6 Å². The first-order chi connectivity index (χ1) is 11.6. The summed E-state index contributed by atoms with van der Waals surface area (Å²) in [5, 5.41) is 6.64. The molecule has 7 nitrogen and oxygen atoms in total. The Morgan fingerprint density at radius 2 is 2.21 bits per heavy atom. The van der Waals surface area contributed by atoms with Crippen LogP contribution in [0.25, 0.3) is 10.9 Å². The predicted molar refractivity (Wildman–Crippen MR) is 88.9 cm³/mol. The quantitative estimate of drug-likeness (QED) is 0.620. The number of anilines is 1. The summed E-state index contributed by atoms with van der Waals surface area (Å²) in [7, 11) is 0. The normalized spacial score (nSPS) is 16.5. The molecule has 0 aliphatic carbocycles. The number of amides is 2. The Morgan fingerprint density at radius 1 is 1.33 bits per heavy atom. The van der Waals surface area contributed by atoms with Gasteiger partial charge in [0.15, 0.2) is 0 Å². The molecule has 8 heteroatoms. The Labute approximate surface area is 141 Å². The molecule has 0 saturated carbocycles. The van der Waals surface area contributed by atoms with Gasteiger partial charge >= 0.3 is 0 Å². The molecule has 1 aliphatic rings. The van der Waals surface area contributed by atoms with E-state index < -0.39 is 6.04 Å². The van der Waals surface area contributed by atoms with Crippen molar-refractivity contribution in [1.29, 1.82) is 0 Å². The van der Waals surface area contributed by atoms with Gasteiger partial charge in [-0.3, -0.25) is 14.6 Å². The molecule has 0 radical (unpaired) electrons. The third kappa shape index (κ3) is 2.59. The van der Waals surface area contributed by atoms with Crippen LogP contribution in [-0.4, -0.2) is 32.8 Å². The first kappa shape index (κ1) is 14.6. The molecule has 4 heterocycles. The van der Waals surface area contributed by atoms with Crippen molar-refractivity contribution in [1.82, 2.24) is 20.3 Å². The minimum atomic E-state index is -0.651. The van der Waals surface area contributed by atoms with Gasteiger partial charge in [-0.05, 0) is 23.8 Å². The van der Waals surface area contributed by atoms with Crippen LogP contribution in [-0.2, 0) is 11.2 Å². The van der Waals surface area contributed by atoms with Crippen molar-refractivity contribution in [3.8, 4) is 0 Å². The van der Waals surface area contributed by atoms with Crippen molar-refractivity contribution in [2.75, 3.05) is 5.32 Å². The second kappa shape index (κ2) is 5.61. The SMILES string of the molecule is O=C(NC1Cc2cnccc2NC1=O)c1cc2cc(Cl)ncc2[nH]1. The second-order valence-corrected chi connectivity index (χ2v) is 5.92. The molecule has 1 unspecified atom stereocenters. The molecule has 24 heavy (non-hydrogen) atoms. The van der Waals surface area contributed by atoms with Crippen LogP contribution in [0, 0.1) is 0 Å². The average molecular weight is 342 g/mol. The number of rotatable bonds is 2. The van der Waals surface area contributed by atoms with Crippen LogP contribution in [0.3, 0.4) is 0 Å². The molecule has 3 aromatic rings. The first-order valence-electron chi connectivity index (χ1n) is 7.29. The maximum Gasteiger partial charge on any atom is 0.268 e.